The number of aryl methyl sites for hydroxylation is 2. The molecule has 0 bridgehead atoms. The van der Waals surface area contributed by atoms with Crippen LogP contribution in [-0.4, -0.2) is 46.8 Å². The van der Waals surface area contributed by atoms with E-state index in [0.717, 1.165) is 37.7 Å². The van der Waals surface area contributed by atoms with E-state index in [9.17, 15) is 4.79 Å². The van der Waals surface area contributed by atoms with E-state index in [2.05, 4.69) is 21.0 Å². The number of fused-ring (bicyclic) bond motifs is 2. The number of likely N-dealkylation sites (tertiary alicyclic amines) is 1. The summed E-state index contributed by atoms with van der Waals surface area (Å²) in [5, 5.41) is 3.76. The lowest BCUT2D eigenvalue weighted by atomic mass is 9.99. The van der Waals surface area contributed by atoms with Crippen LogP contribution in [0.2, 0.25) is 0 Å². The number of anilines is 1. The number of benzene rings is 1. The first-order valence-electron chi connectivity index (χ1n) is 9.49. The van der Waals surface area contributed by atoms with Crippen molar-refractivity contribution in [2.24, 2.45) is 0 Å². The Bertz CT molecular complexity index is 666. The van der Waals surface area contributed by atoms with Gasteiger partial charge in [0.25, 0.3) is 0 Å². The number of nitrogens with one attached hydrogen (secondary N) is 2. The van der Waals surface area contributed by atoms with Crippen LogP contribution in [0, 0.1) is 0 Å². The van der Waals surface area contributed by atoms with Crippen LogP contribution >= 0.6 is 23.7 Å². The van der Waals surface area contributed by atoms with E-state index in [1.54, 1.807) is 11.9 Å². The molecule has 2 aliphatic carbocycles. The first kappa shape index (κ1) is 16.3. The van der Waals surface area contributed by atoms with Gasteiger partial charge < -0.3 is 5.32 Å². The molecule has 0 spiro atoms. The molecule has 4 aliphatic rings. The van der Waals surface area contributed by atoms with E-state index >= 15 is 0 Å². The third-order valence-electron chi connectivity index (χ3n) is 6.04. The summed E-state index contributed by atoms with van der Waals surface area (Å²) in [6, 6.07) is 3.16. The molecule has 1 aromatic carbocycles. The Morgan fingerprint density at radius 3 is 2.36 bits per heavy atom. The molecule has 0 radical (unpaired) electrons. The molecular weight excluding hydrogens is 350 g/mol. The van der Waals surface area contributed by atoms with Gasteiger partial charge in [0, 0.05) is 36.3 Å². The Balaban J connectivity index is 1.19. The highest BCUT2D eigenvalue weighted by Crippen LogP contribution is 2.38. The number of thioether (sulfide) groups is 1. The third-order valence-corrected chi connectivity index (χ3v) is 8.22. The molecule has 0 atom stereocenters. The van der Waals surface area contributed by atoms with Crippen molar-refractivity contribution in [2.75, 3.05) is 29.9 Å². The van der Waals surface area contributed by atoms with Crippen molar-refractivity contribution >= 4 is 35.4 Å². The van der Waals surface area contributed by atoms with Gasteiger partial charge in [-0.2, -0.15) is 11.8 Å². The van der Waals surface area contributed by atoms with Crippen molar-refractivity contribution in [3.63, 3.8) is 0 Å². The number of amides is 2. The molecule has 5 rings (SSSR count). The van der Waals surface area contributed by atoms with E-state index in [4.69, 9.17) is 0 Å². The van der Waals surface area contributed by atoms with Gasteiger partial charge in [0.1, 0.15) is 0 Å². The average molecular weight is 376 g/mol. The van der Waals surface area contributed by atoms with Crippen molar-refractivity contribution in [1.29, 1.82) is 0 Å². The second-order valence-corrected chi connectivity index (χ2v) is 9.86. The van der Waals surface area contributed by atoms with Crippen molar-refractivity contribution in [2.45, 2.75) is 49.8 Å². The Hall–Kier alpha value is -0.850. The summed E-state index contributed by atoms with van der Waals surface area (Å²) in [6.07, 6.45) is 7.02. The number of hydrogen-bond acceptors (Lipinski definition) is 4. The molecule has 0 unspecified atom stereocenters. The minimum atomic E-state index is -0.0444. The van der Waals surface area contributed by atoms with E-state index in [1.165, 1.54) is 59.4 Å². The number of hydrogen-bond donors (Lipinski definition) is 2. The van der Waals surface area contributed by atoms with Gasteiger partial charge in [0.15, 0.2) is 0 Å². The Morgan fingerprint density at radius 2 is 1.76 bits per heavy atom. The highest BCUT2D eigenvalue weighted by Gasteiger charge is 2.36. The number of urea groups is 1. The van der Waals surface area contributed by atoms with Crippen LogP contribution in [0.4, 0.5) is 10.5 Å². The van der Waals surface area contributed by atoms with Crippen LogP contribution < -0.4 is 10.0 Å². The zero-order valence-corrected chi connectivity index (χ0v) is 16.1. The third kappa shape index (κ3) is 3.06. The van der Waals surface area contributed by atoms with Crippen LogP contribution in [0.3, 0.4) is 0 Å². The van der Waals surface area contributed by atoms with Gasteiger partial charge in [0.05, 0.1) is 5.25 Å². The van der Waals surface area contributed by atoms with Crippen molar-refractivity contribution in [1.82, 2.24) is 9.62 Å². The number of nitrogens with zero attached hydrogens (tertiary/aromatic N) is 1. The standard InChI is InChI=1S/C19H25N3OS2/c23-19(21-25-15-8-22(9-15)14-10-24-11-14)20-18-16-5-1-3-12(16)7-13-4-2-6-17(13)18/h7,14-15H,1-6,8-11H2,(H2,20,21,23). The van der Waals surface area contributed by atoms with Crippen LogP contribution in [0.15, 0.2) is 6.07 Å². The highest BCUT2D eigenvalue weighted by molar-refractivity contribution is 8.00. The summed E-state index contributed by atoms with van der Waals surface area (Å²) < 4.78 is 3.05. The largest absolute Gasteiger partial charge is 0.329 e. The van der Waals surface area contributed by atoms with Gasteiger partial charge in [-0.05, 0) is 72.7 Å². The SMILES string of the molecule is O=C(NSC1CN(C2CSC2)C1)Nc1c2c(cc3c1CCC3)CCC2. The first-order valence-corrected chi connectivity index (χ1v) is 11.5. The molecule has 1 aromatic rings. The molecule has 2 amide bonds. The molecule has 2 saturated heterocycles. The summed E-state index contributed by atoms with van der Waals surface area (Å²) in [6.45, 7) is 2.23. The molecule has 4 nitrogen and oxygen atoms in total. The highest BCUT2D eigenvalue weighted by atomic mass is 32.2. The number of carbonyl (C=O) groups excluding carboxylic acids is 1. The predicted octanol–water partition coefficient (Wildman–Crippen LogP) is 3.23. The Morgan fingerprint density at radius 1 is 1.08 bits per heavy atom. The van der Waals surface area contributed by atoms with Crippen LogP contribution in [0.1, 0.15) is 35.1 Å². The summed E-state index contributed by atoms with van der Waals surface area (Å²) in [5.41, 5.74) is 6.88. The minimum Gasteiger partial charge on any atom is -0.307 e. The fraction of sp³-hybridized carbons (Fsp3) is 0.632. The zero-order valence-electron chi connectivity index (χ0n) is 14.5. The summed E-state index contributed by atoms with van der Waals surface area (Å²) in [5.74, 6) is 2.57. The van der Waals surface area contributed by atoms with E-state index in [-0.39, 0.29) is 6.03 Å². The lowest BCUT2D eigenvalue weighted by molar-refractivity contribution is 0.145. The molecule has 0 saturated carbocycles. The lowest BCUT2D eigenvalue weighted by Gasteiger charge is -2.46. The first-order chi connectivity index (χ1) is 12.3. The quantitative estimate of drug-likeness (QED) is 0.793. The van der Waals surface area contributed by atoms with E-state index in [0.29, 0.717) is 5.25 Å². The van der Waals surface area contributed by atoms with Crippen molar-refractivity contribution in [3.05, 3.63) is 28.3 Å². The topological polar surface area (TPSA) is 44.4 Å². The molecule has 2 N–H and O–H groups in total. The number of rotatable bonds is 4. The summed E-state index contributed by atoms with van der Waals surface area (Å²) in [4.78, 5) is 15.0. The number of carbonyl (C=O) groups is 1. The van der Waals surface area contributed by atoms with Gasteiger partial charge in [-0.1, -0.05) is 6.07 Å². The molecule has 2 aliphatic heterocycles. The van der Waals surface area contributed by atoms with E-state index in [1.807, 2.05) is 11.8 Å². The average Bonchev–Trinajstić information content (AvgIpc) is 3.15. The fourth-order valence-electron chi connectivity index (χ4n) is 4.52. The Labute approximate surface area is 158 Å². The molecule has 6 heteroatoms. The maximum Gasteiger partial charge on any atom is 0.329 e. The molecule has 25 heavy (non-hydrogen) atoms. The van der Waals surface area contributed by atoms with Crippen LogP contribution in [0.5, 0.6) is 0 Å². The lowest BCUT2D eigenvalue weighted by Crippen LogP contribution is -2.58. The molecule has 2 heterocycles. The normalized spacial score (nSPS) is 22.9. The monoisotopic (exact) mass is 375 g/mol. The van der Waals surface area contributed by atoms with Crippen molar-refractivity contribution < 1.29 is 4.79 Å². The van der Waals surface area contributed by atoms with Crippen LogP contribution in [-0.2, 0) is 25.7 Å². The molecule has 134 valence electrons. The summed E-state index contributed by atoms with van der Waals surface area (Å²) in [7, 11) is 0. The summed E-state index contributed by atoms with van der Waals surface area (Å²) >= 11 is 3.64. The van der Waals surface area contributed by atoms with Crippen LogP contribution in [0.25, 0.3) is 0 Å². The van der Waals surface area contributed by atoms with Gasteiger partial charge in [-0.15, -0.1) is 0 Å². The smallest absolute Gasteiger partial charge is 0.307 e. The minimum absolute atomic E-state index is 0.0444. The molecular formula is C19H25N3OS2. The maximum absolute atomic E-state index is 12.5. The molecule has 2 fully saturated rings. The maximum atomic E-state index is 12.5. The Kier molecular flexibility index (Phi) is 4.38. The van der Waals surface area contributed by atoms with Gasteiger partial charge in [-0.25, -0.2) is 4.79 Å². The second-order valence-electron chi connectivity index (χ2n) is 7.68. The van der Waals surface area contributed by atoms with Gasteiger partial charge in [0.2, 0.25) is 0 Å². The van der Waals surface area contributed by atoms with E-state index < -0.39 is 0 Å². The molecule has 0 aromatic heterocycles. The fourth-order valence-corrected chi connectivity index (χ4v) is 6.24. The predicted molar refractivity (Wildman–Crippen MR) is 107 cm³/mol. The van der Waals surface area contributed by atoms with Gasteiger partial charge >= 0.3 is 6.03 Å². The second kappa shape index (κ2) is 6.71. The zero-order chi connectivity index (χ0) is 16.8. The van der Waals surface area contributed by atoms with Crippen molar-refractivity contribution in [3.8, 4) is 0 Å². The van der Waals surface area contributed by atoms with Gasteiger partial charge in [-0.3, -0.25) is 9.62 Å².